The van der Waals surface area contributed by atoms with E-state index in [2.05, 4.69) is 0 Å². The number of non-ortho nitro benzene ring substituents is 1. The van der Waals surface area contributed by atoms with Crippen molar-refractivity contribution in [2.24, 2.45) is 0 Å². The van der Waals surface area contributed by atoms with E-state index in [0.717, 1.165) is 11.8 Å². The van der Waals surface area contributed by atoms with Gasteiger partial charge in [0.25, 0.3) is 5.69 Å². The van der Waals surface area contributed by atoms with Gasteiger partial charge in [-0.3, -0.25) is 19.7 Å². The Bertz CT molecular complexity index is 488. The van der Waals surface area contributed by atoms with Crippen molar-refractivity contribution in [3.63, 3.8) is 0 Å². The van der Waals surface area contributed by atoms with Crippen LogP contribution >= 0.6 is 11.8 Å². The summed E-state index contributed by atoms with van der Waals surface area (Å²) in [5, 5.41) is 18.5. The van der Waals surface area contributed by atoms with Crippen LogP contribution in [0.15, 0.2) is 24.3 Å². The molecular weight excluding hydrogens is 258 g/mol. The van der Waals surface area contributed by atoms with Crippen LogP contribution in [0.2, 0.25) is 0 Å². The molecule has 1 rings (SSSR count). The van der Waals surface area contributed by atoms with E-state index in [-0.39, 0.29) is 22.8 Å². The summed E-state index contributed by atoms with van der Waals surface area (Å²) in [6.07, 6.45) is 0. The Hall–Kier alpha value is -1.89. The molecule has 7 heteroatoms. The first-order valence-corrected chi connectivity index (χ1v) is 6.08. The summed E-state index contributed by atoms with van der Waals surface area (Å²) in [7, 11) is 0. The van der Waals surface area contributed by atoms with Crippen LogP contribution < -0.4 is 0 Å². The summed E-state index contributed by atoms with van der Waals surface area (Å²) in [6, 6.07) is 5.39. The van der Waals surface area contributed by atoms with Crippen LogP contribution in [0, 0.1) is 10.1 Å². The van der Waals surface area contributed by atoms with E-state index < -0.39 is 16.1 Å². The summed E-state index contributed by atoms with van der Waals surface area (Å²) in [4.78, 5) is 32.2. The molecule has 0 heterocycles. The van der Waals surface area contributed by atoms with Gasteiger partial charge >= 0.3 is 5.97 Å². The van der Waals surface area contributed by atoms with Crippen molar-refractivity contribution in [3.8, 4) is 0 Å². The number of carboxylic acids is 1. The molecule has 96 valence electrons. The summed E-state index contributed by atoms with van der Waals surface area (Å²) in [6.45, 7) is 1.48. The SMILES string of the molecule is CC(SCC(=O)c1cccc([N+](=O)[O-])c1)C(=O)O. The van der Waals surface area contributed by atoms with Crippen molar-refractivity contribution in [3.05, 3.63) is 39.9 Å². The molecule has 0 aliphatic heterocycles. The van der Waals surface area contributed by atoms with E-state index in [1.165, 1.54) is 31.2 Å². The summed E-state index contributed by atoms with van der Waals surface area (Å²) in [5.74, 6) is -1.34. The third kappa shape index (κ3) is 3.85. The Balaban J connectivity index is 2.70. The number of carbonyl (C=O) groups excluding carboxylic acids is 1. The maximum atomic E-state index is 11.7. The Morgan fingerprint density at radius 2 is 2.17 bits per heavy atom. The second kappa shape index (κ2) is 6.15. The number of rotatable bonds is 6. The number of thioether (sulfide) groups is 1. The molecule has 6 nitrogen and oxygen atoms in total. The highest BCUT2D eigenvalue weighted by Gasteiger charge is 2.16. The first-order chi connectivity index (χ1) is 8.41. The lowest BCUT2D eigenvalue weighted by molar-refractivity contribution is -0.384. The van der Waals surface area contributed by atoms with Crippen molar-refractivity contribution >= 4 is 29.2 Å². The molecule has 1 unspecified atom stereocenters. The average Bonchev–Trinajstić information content (AvgIpc) is 2.35. The lowest BCUT2D eigenvalue weighted by Gasteiger charge is -2.05. The highest BCUT2D eigenvalue weighted by molar-refractivity contribution is 8.01. The maximum Gasteiger partial charge on any atom is 0.316 e. The fourth-order valence-electron chi connectivity index (χ4n) is 1.15. The van der Waals surface area contributed by atoms with Crippen LogP contribution in [-0.2, 0) is 4.79 Å². The van der Waals surface area contributed by atoms with Gasteiger partial charge in [-0.25, -0.2) is 0 Å². The number of carboxylic acid groups (broad SMARTS) is 1. The monoisotopic (exact) mass is 269 g/mol. The number of benzene rings is 1. The van der Waals surface area contributed by atoms with Gasteiger partial charge in [0.05, 0.1) is 15.9 Å². The maximum absolute atomic E-state index is 11.7. The minimum Gasteiger partial charge on any atom is -0.480 e. The zero-order valence-electron chi connectivity index (χ0n) is 9.53. The van der Waals surface area contributed by atoms with Crippen LogP contribution in [0.25, 0.3) is 0 Å². The van der Waals surface area contributed by atoms with Gasteiger partial charge in [-0.1, -0.05) is 12.1 Å². The molecule has 0 aromatic heterocycles. The molecule has 1 aromatic rings. The van der Waals surface area contributed by atoms with E-state index in [1.54, 1.807) is 0 Å². The van der Waals surface area contributed by atoms with E-state index in [0.29, 0.717) is 0 Å². The van der Waals surface area contributed by atoms with Crippen molar-refractivity contribution in [2.75, 3.05) is 5.75 Å². The van der Waals surface area contributed by atoms with Crippen LogP contribution in [-0.4, -0.2) is 32.8 Å². The quantitative estimate of drug-likeness (QED) is 0.481. The second-order valence-electron chi connectivity index (χ2n) is 3.52. The molecule has 0 saturated carbocycles. The van der Waals surface area contributed by atoms with Crippen molar-refractivity contribution in [1.82, 2.24) is 0 Å². The van der Waals surface area contributed by atoms with Gasteiger partial charge in [-0.15, -0.1) is 11.8 Å². The summed E-state index contributed by atoms with van der Waals surface area (Å²) >= 11 is 0.983. The average molecular weight is 269 g/mol. The molecule has 0 aliphatic carbocycles. The molecule has 0 amide bonds. The Kier molecular flexibility index (Phi) is 4.85. The third-order valence-corrected chi connectivity index (χ3v) is 3.32. The second-order valence-corrected chi connectivity index (χ2v) is 4.85. The highest BCUT2D eigenvalue weighted by Crippen LogP contribution is 2.17. The summed E-state index contributed by atoms with van der Waals surface area (Å²) in [5.41, 5.74) is 0.0615. The predicted octanol–water partition coefficient (Wildman–Crippen LogP) is 1.98. The largest absolute Gasteiger partial charge is 0.480 e. The predicted molar refractivity (Wildman–Crippen MR) is 67.0 cm³/mol. The van der Waals surface area contributed by atoms with Crippen molar-refractivity contribution in [2.45, 2.75) is 12.2 Å². The van der Waals surface area contributed by atoms with Crippen LogP contribution in [0.1, 0.15) is 17.3 Å². The molecule has 0 fully saturated rings. The van der Waals surface area contributed by atoms with Gasteiger partial charge in [-0.2, -0.15) is 0 Å². The Morgan fingerprint density at radius 3 is 2.72 bits per heavy atom. The van der Waals surface area contributed by atoms with E-state index >= 15 is 0 Å². The molecule has 0 saturated heterocycles. The normalized spacial score (nSPS) is 11.8. The molecule has 1 aromatic carbocycles. The standard InChI is InChI=1S/C11H11NO5S/c1-7(11(14)15)18-6-10(13)8-3-2-4-9(5-8)12(16)17/h2-5,7H,6H2,1H3,(H,14,15). The topological polar surface area (TPSA) is 97.5 Å². The lowest BCUT2D eigenvalue weighted by atomic mass is 10.1. The molecule has 0 spiro atoms. The number of carbonyl (C=O) groups is 2. The van der Waals surface area contributed by atoms with Crippen molar-refractivity contribution in [1.29, 1.82) is 0 Å². The Labute approximate surface area is 107 Å². The van der Waals surface area contributed by atoms with Gasteiger partial charge in [-0.05, 0) is 6.92 Å². The summed E-state index contributed by atoms with van der Waals surface area (Å²) < 4.78 is 0. The van der Waals surface area contributed by atoms with Crippen LogP contribution in [0.3, 0.4) is 0 Å². The molecule has 0 radical (unpaired) electrons. The fourth-order valence-corrected chi connectivity index (χ4v) is 1.86. The zero-order valence-corrected chi connectivity index (χ0v) is 10.3. The van der Waals surface area contributed by atoms with Gasteiger partial charge < -0.3 is 5.11 Å². The van der Waals surface area contributed by atoms with E-state index in [4.69, 9.17) is 5.11 Å². The smallest absolute Gasteiger partial charge is 0.316 e. The molecule has 18 heavy (non-hydrogen) atoms. The number of hydrogen-bond acceptors (Lipinski definition) is 5. The van der Waals surface area contributed by atoms with Crippen LogP contribution in [0.5, 0.6) is 0 Å². The van der Waals surface area contributed by atoms with Gasteiger partial charge in [0.1, 0.15) is 0 Å². The van der Waals surface area contributed by atoms with Crippen molar-refractivity contribution < 1.29 is 19.6 Å². The van der Waals surface area contributed by atoms with Gasteiger partial charge in [0.2, 0.25) is 0 Å². The highest BCUT2D eigenvalue weighted by atomic mass is 32.2. The van der Waals surface area contributed by atoms with Crippen LogP contribution in [0.4, 0.5) is 5.69 Å². The third-order valence-electron chi connectivity index (χ3n) is 2.19. The van der Waals surface area contributed by atoms with E-state index in [1.807, 2.05) is 0 Å². The fraction of sp³-hybridized carbons (Fsp3) is 0.273. The molecule has 0 bridgehead atoms. The van der Waals surface area contributed by atoms with Gasteiger partial charge in [0.15, 0.2) is 5.78 Å². The zero-order chi connectivity index (χ0) is 13.7. The number of Topliss-reactive ketones (excluding diaryl/α,β-unsaturated/α-hetero) is 1. The minimum absolute atomic E-state index is 0.0192. The number of nitro groups is 1. The number of hydrogen-bond donors (Lipinski definition) is 1. The Morgan fingerprint density at radius 1 is 1.50 bits per heavy atom. The minimum atomic E-state index is -0.994. The molecule has 1 atom stereocenters. The molecule has 0 aliphatic rings. The number of nitro benzene ring substituents is 1. The lowest BCUT2D eigenvalue weighted by Crippen LogP contribution is -2.14. The number of aliphatic carboxylic acids is 1. The molecular formula is C11H11NO5S. The van der Waals surface area contributed by atoms with Gasteiger partial charge in [0, 0.05) is 17.7 Å². The molecule has 1 N–H and O–H groups in total. The van der Waals surface area contributed by atoms with E-state index in [9.17, 15) is 19.7 Å². The number of nitrogens with zero attached hydrogens (tertiary/aromatic N) is 1. The number of ketones is 1. The first kappa shape index (κ1) is 14.2. The first-order valence-electron chi connectivity index (χ1n) is 5.04.